The highest BCUT2D eigenvalue weighted by Crippen LogP contribution is 2.27. The molecule has 4 rings (SSSR count). The Balaban J connectivity index is 1.47. The summed E-state index contributed by atoms with van der Waals surface area (Å²) in [7, 11) is -2.45. The Morgan fingerprint density at radius 3 is 2.34 bits per heavy atom. The molecule has 7 nitrogen and oxygen atoms in total. The summed E-state index contributed by atoms with van der Waals surface area (Å²) in [5, 5.41) is 2.86. The largest absolute Gasteiger partial charge is 0.497 e. The van der Waals surface area contributed by atoms with E-state index in [1.54, 1.807) is 42.5 Å². The molecule has 0 aromatic heterocycles. The molecule has 35 heavy (non-hydrogen) atoms. The number of rotatable bonds is 9. The number of ether oxygens (including phenoxy) is 1. The van der Waals surface area contributed by atoms with Crippen LogP contribution < -0.4 is 19.3 Å². The van der Waals surface area contributed by atoms with Gasteiger partial charge in [0.2, 0.25) is 5.91 Å². The number of methoxy groups -OCH3 is 1. The molecule has 0 spiro atoms. The van der Waals surface area contributed by atoms with Gasteiger partial charge in [0.05, 0.1) is 17.7 Å². The molecule has 0 radical (unpaired) electrons. The van der Waals surface area contributed by atoms with Crippen LogP contribution in [0.15, 0.2) is 83.8 Å². The molecule has 0 unspecified atom stereocenters. The first-order valence-corrected chi connectivity index (χ1v) is 13.2. The predicted octanol–water partition coefficient (Wildman–Crippen LogP) is 4.20. The number of hydrogen-bond acceptors (Lipinski definition) is 5. The zero-order valence-corrected chi connectivity index (χ0v) is 20.7. The SMILES string of the molecule is COc1cccc(N(CC(=O)NCc2ccc(N3CCCCC3)cc2)S(=O)(=O)c2ccccc2)c1. The second-order valence-corrected chi connectivity index (χ2v) is 10.4. The van der Waals surface area contributed by atoms with Crippen LogP contribution >= 0.6 is 0 Å². The van der Waals surface area contributed by atoms with Gasteiger partial charge in [0.15, 0.2) is 0 Å². The van der Waals surface area contributed by atoms with E-state index in [4.69, 9.17) is 4.74 Å². The second-order valence-electron chi connectivity index (χ2n) is 8.52. The molecule has 0 aliphatic carbocycles. The summed E-state index contributed by atoms with van der Waals surface area (Å²) >= 11 is 0. The van der Waals surface area contributed by atoms with Gasteiger partial charge in [0.1, 0.15) is 12.3 Å². The number of piperidine rings is 1. The molecule has 3 aromatic carbocycles. The van der Waals surface area contributed by atoms with E-state index in [2.05, 4.69) is 22.3 Å². The number of benzene rings is 3. The van der Waals surface area contributed by atoms with Crippen molar-refractivity contribution < 1.29 is 17.9 Å². The van der Waals surface area contributed by atoms with E-state index in [-0.39, 0.29) is 11.4 Å². The third-order valence-electron chi connectivity index (χ3n) is 6.11. The third-order valence-corrected chi connectivity index (χ3v) is 7.90. The van der Waals surface area contributed by atoms with Crippen LogP contribution in [0, 0.1) is 0 Å². The van der Waals surface area contributed by atoms with Gasteiger partial charge in [-0.1, -0.05) is 36.4 Å². The summed E-state index contributed by atoms with van der Waals surface area (Å²) in [4.78, 5) is 15.4. The van der Waals surface area contributed by atoms with Crippen LogP contribution in [0.1, 0.15) is 24.8 Å². The Hall–Kier alpha value is -3.52. The molecule has 1 fully saturated rings. The van der Waals surface area contributed by atoms with Crippen LogP contribution in [0.2, 0.25) is 0 Å². The highest BCUT2D eigenvalue weighted by Gasteiger charge is 2.27. The normalized spacial score (nSPS) is 13.8. The maximum Gasteiger partial charge on any atom is 0.264 e. The van der Waals surface area contributed by atoms with E-state index in [0.29, 0.717) is 18.0 Å². The van der Waals surface area contributed by atoms with Crippen LogP contribution in [0.3, 0.4) is 0 Å². The monoisotopic (exact) mass is 493 g/mol. The van der Waals surface area contributed by atoms with Crippen LogP contribution in [0.5, 0.6) is 5.75 Å². The van der Waals surface area contributed by atoms with Crippen molar-refractivity contribution in [3.05, 3.63) is 84.4 Å². The van der Waals surface area contributed by atoms with Crippen LogP contribution in [0.4, 0.5) is 11.4 Å². The Labute approximate surface area is 207 Å². The molecule has 1 amide bonds. The molecule has 1 aliphatic heterocycles. The van der Waals surface area contributed by atoms with Gasteiger partial charge < -0.3 is 15.0 Å². The van der Waals surface area contributed by atoms with E-state index in [1.165, 1.54) is 44.2 Å². The number of carbonyl (C=O) groups excluding carboxylic acids is 1. The first-order valence-electron chi connectivity index (χ1n) is 11.8. The number of amides is 1. The van der Waals surface area contributed by atoms with Gasteiger partial charge in [0.25, 0.3) is 10.0 Å². The summed E-state index contributed by atoms with van der Waals surface area (Å²) in [6, 6.07) is 22.9. The summed E-state index contributed by atoms with van der Waals surface area (Å²) in [6.07, 6.45) is 3.72. The first-order chi connectivity index (χ1) is 17.0. The van der Waals surface area contributed by atoms with Crippen LogP contribution in [0.25, 0.3) is 0 Å². The lowest BCUT2D eigenvalue weighted by Gasteiger charge is -2.28. The number of carbonyl (C=O) groups is 1. The molecular weight excluding hydrogens is 462 g/mol. The minimum absolute atomic E-state index is 0.115. The molecule has 0 saturated carbocycles. The van der Waals surface area contributed by atoms with Crippen molar-refractivity contribution in [2.75, 3.05) is 35.9 Å². The predicted molar refractivity (Wildman–Crippen MR) is 138 cm³/mol. The first kappa shape index (κ1) is 24.6. The molecule has 0 atom stereocenters. The van der Waals surface area contributed by atoms with E-state index in [9.17, 15) is 13.2 Å². The fraction of sp³-hybridized carbons (Fsp3) is 0.296. The quantitative estimate of drug-likeness (QED) is 0.483. The fourth-order valence-corrected chi connectivity index (χ4v) is 5.60. The average molecular weight is 494 g/mol. The lowest BCUT2D eigenvalue weighted by atomic mass is 10.1. The van der Waals surface area contributed by atoms with E-state index >= 15 is 0 Å². The number of hydrogen-bond donors (Lipinski definition) is 1. The summed E-state index contributed by atoms with van der Waals surface area (Å²) in [5.41, 5.74) is 2.50. The van der Waals surface area contributed by atoms with Gasteiger partial charge in [-0.25, -0.2) is 8.42 Å². The highest BCUT2D eigenvalue weighted by molar-refractivity contribution is 7.92. The molecule has 1 N–H and O–H groups in total. The van der Waals surface area contributed by atoms with Crippen LogP contribution in [-0.2, 0) is 21.4 Å². The smallest absolute Gasteiger partial charge is 0.264 e. The molecule has 8 heteroatoms. The molecule has 1 saturated heterocycles. The molecule has 184 valence electrons. The van der Waals surface area contributed by atoms with Crippen molar-refractivity contribution in [1.29, 1.82) is 0 Å². The van der Waals surface area contributed by atoms with Crippen LogP contribution in [-0.4, -0.2) is 41.1 Å². The number of nitrogens with one attached hydrogen (secondary N) is 1. The second kappa shape index (κ2) is 11.3. The zero-order chi connectivity index (χ0) is 24.7. The summed E-state index contributed by atoms with van der Waals surface area (Å²) in [6.45, 7) is 2.12. The minimum Gasteiger partial charge on any atom is -0.497 e. The van der Waals surface area contributed by atoms with Crippen molar-refractivity contribution in [1.82, 2.24) is 5.32 Å². The van der Waals surface area contributed by atoms with Crippen molar-refractivity contribution in [2.45, 2.75) is 30.7 Å². The maximum absolute atomic E-state index is 13.4. The van der Waals surface area contributed by atoms with Gasteiger partial charge in [0, 0.05) is 31.4 Å². The zero-order valence-electron chi connectivity index (χ0n) is 19.9. The fourth-order valence-electron chi connectivity index (χ4n) is 4.16. The minimum atomic E-state index is -3.96. The topological polar surface area (TPSA) is 79.0 Å². The van der Waals surface area contributed by atoms with Crippen molar-refractivity contribution in [2.24, 2.45) is 0 Å². The van der Waals surface area contributed by atoms with Crippen molar-refractivity contribution >= 4 is 27.3 Å². The van der Waals surface area contributed by atoms with Gasteiger partial charge in [-0.15, -0.1) is 0 Å². The van der Waals surface area contributed by atoms with Gasteiger partial charge in [-0.2, -0.15) is 0 Å². The lowest BCUT2D eigenvalue weighted by Crippen LogP contribution is -2.40. The van der Waals surface area contributed by atoms with Crippen molar-refractivity contribution in [3.8, 4) is 5.75 Å². The average Bonchev–Trinajstić information content (AvgIpc) is 2.91. The Morgan fingerprint density at radius 1 is 0.943 bits per heavy atom. The van der Waals surface area contributed by atoms with Gasteiger partial charge >= 0.3 is 0 Å². The Morgan fingerprint density at radius 2 is 1.66 bits per heavy atom. The van der Waals surface area contributed by atoms with Gasteiger partial charge in [-0.3, -0.25) is 9.10 Å². The molecule has 1 heterocycles. The van der Waals surface area contributed by atoms with Crippen molar-refractivity contribution in [3.63, 3.8) is 0 Å². The van der Waals surface area contributed by atoms with E-state index < -0.39 is 15.9 Å². The Kier molecular flexibility index (Phi) is 7.92. The third kappa shape index (κ3) is 6.14. The standard InChI is InChI=1S/C27H31N3O4S/c1-34-25-10-8-9-24(19-25)30(35(32,33)26-11-4-2-5-12-26)21-27(31)28-20-22-13-15-23(16-14-22)29-17-6-3-7-18-29/h2,4-5,8-16,19H,3,6-7,17-18,20-21H2,1H3,(H,28,31). The molecule has 3 aromatic rings. The molecule has 1 aliphatic rings. The molecule has 0 bridgehead atoms. The Bertz CT molecular complexity index is 1220. The van der Waals surface area contributed by atoms with E-state index in [0.717, 1.165) is 23.0 Å². The van der Waals surface area contributed by atoms with Gasteiger partial charge in [-0.05, 0) is 61.2 Å². The number of sulfonamides is 1. The maximum atomic E-state index is 13.4. The summed E-state index contributed by atoms with van der Waals surface area (Å²) < 4.78 is 33.2. The lowest BCUT2D eigenvalue weighted by molar-refractivity contribution is -0.119. The summed E-state index contributed by atoms with van der Waals surface area (Å²) in [5.74, 6) is 0.109. The highest BCUT2D eigenvalue weighted by atomic mass is 32.2. The van der Waals surface area contributed by atoms with E-state index in [1.807, 2.05) is 12.1 Å². The number of anilines is 2. The molecular formula is C27H31N3O4S. The number of nitrogens with zero attached hydrogens (tertiary/aromatic N) is 2.